The molecule has 3 N–H and O–H groups in total. The average molecular weight is 413 g/mol. The number of aryl methyl sites for hydroxylation is 2. The third kappa shape index (κ3) is 4.77. The van der Waals surface area contributed by atoms with E-state index in [-0.39, 0.29) is 11.6 Å². The molecule has 9 nitrogen and oxygen atoms in total. The summed E-state index contributed by atoms with van der Waals surface area (Å²) in [5.74, 6) is -0.666. The maximum absolute atomic E-state index is 12.2. The predicted molar refractivity (Wildman–Crippen MR) is 110 cm³/mol. The van der Waals surface area contributed by atoms with Crippen molar-refractivity contribution in [3.63, 3.8) is 0 Å². The molecule has 1 aromatic heterocycles. The van der Waals surface area contributed by atoms with Gasteiger partial charge < -0.3 is 5.32 Å². The van der Waals surface area contributed by atoms with Crippen molar-refractivity contribution in [2.24, 2.45) is 0 Å². The summed E-state index contributed by atoms with van der Waals surface area (Å²) < 4.78 is 0. The number of hydrazine groups is 1. The van der Waals surface area contributed by atoms with E-state index in [1.54, 1.807) is 42.5 Å². The summed E-state index contributed by atoms with van der Waals surface area (Å²) in [6, 6.07) is 12.0. The van der Waals surface area contributed by atoms with Crippen LogP contribution in [0.1, 0.15) is 21.5 Å². The fourth-order valence-electron chi connectivity index (χ4n) is 2.44. The molecule has 0 saturated carbocycles. The Morgan fingerprint density at radius 1 is 1.07 bits per heavy atom. The van der Waals surface area contributed by atoms with Crippen molar-refractivity contribution in [1.29, 1.82) is 0 Å². The summed E-state index contributed by atoms with van der Waals surface area (Å²) in [6.07, 6.45) is 1.14. The number of benzene rings is 2. The molecule has 0 spiro atoms. The molecule has 0 saturated heterocycles. The van der Waals surface area contributed by atoms with Crippen LogP contribution in [0.5, 0.6) is 0 Å². The number of halogens is 1. The molecule has 0 fully saturated rings. The molecule has 29 heavy (non-hydrogen) atoms. The number of carbonyl (C=O) groups is 1. The van der Waals surface area contributed by atoms with Gasteiger partial charge in [0, 0.05) is 16.3 Å². The van der Waals surface area contributed by atoms with Gasteiger partial charge in [-0.15, -0.1) is 0 Å². The maximum Gasteiger partial charge on any atom is 0.355 e. The number of hydrogen-bond donors (Lipinski definition) is 3. The molecule has 148 valence electrons. The van der Waals surface area contributed by atoms with E-state index in [4.69, 9.17) is 11.6 Å². The lowest BCUT2D eigenvalue weighted by atomic mass is 10.1. The SMILES string of the molecule is Cc1ccc(C(=O)NNc2ncnc(Nc3ccc(C)c(Cl)c3)c2[N+](=O)[O-])cc1. The molecule has 3 rings (SSSR count). The molecule has 2 aromatic carbocycles. The van der Waals surface area contributed by atoms with E-state index in [0.29, 0.717) is 16.3 Å². The zero-order valence-electron chi connectivity index (χ0n) is 15.6. The van der Waals surface area contributed by atoms with Gasteiger partial charge in [0.05, 0.1) is 4.92 Å². The Kier molecular flexibility index (Phi) is 5.89. The highest BCUT2D eigenvalue weighted by atomic mass is 35.5. The first kappa shape index (κ1) is 20.0. The van der Waals surface area contributed by atoms with Gasteiger partial charge in [-0.1, -0.05) is 35.4 Å². The zero-order chi connectivity index (χ0) is 21.0. The molecule has 0 radical (unpaired) electrons. The molecule has 10 heteroatoms. The highest BCUT2D eigenvalue weighted by Gasteiger charge is 2.24. The summed E-state index contributed by atoms with van der Waals surface area (Å²) in [6.45, 7) is 3.75. The molecule has 0 bridgehead atoms. The molecular weight excluding hydrogens is 396 g/mol. The Bertz CT molecular complexity index is 1070. The van der Waals surface area contributed by atoms with E-state index in [1.807, 2.05) is 13.8 Å². The van der Waals surface area contributed by atoms with Crippen molar-refractivity contribution in [1.82, 2.24) is 15.4 Å². The van der Waals surface area contributed by atoms with Crippen LogP contribution in [0.25, 0.3) is 0 Å². The second-order valence-corrected chi connectivity index (χ2v) is 6.62. The normalized spacial score (nSPS) is 10.3. The lowest BCUT2D eigenvalue weighted by molar-refractivity contribution is -0.383. The number of amides is 1. The molecular formula is C19H17ClN6O3. The molecule has 1 heterocycles. The number of nitrogens with zero attached hydrogens (tertiary/aromatic N) is 3. The van der Waals surface area contributed by atoms with Crippen LogP contribution in [-0.4, -0.2) is 20.8 Å². The fourth-order valence-corrected chi connectivity index (χ4v) is 2.62. The van der Waals surface area contributed by atoms with Crippen LogP contribution in [0, 0.1) is 24.0 Å². The first-order valence-corrected chi connectivity index (χ1v) is 8.88. The summed E-state index contributed by atoms with van der Waals surface area (Å²) >= 11 is 6.10. The van der Waals surface area contributed by atoms with Crippen molar-refractivity contribution >= 4 is 40.5 Å². The number of nitro groups is 1. The number of anilines is 3. The van der Waals surface area contributed by atoms with Crippen molar-refractivity contribution < 1.29 is 9.72 Å². The van der Waals surface area contributed by atoms with Gasteiger partial charge >= 0.3 is 5.69 Å². The average Bonchev–Trinajstić information content (AvgIpc) is 2.69. The minimum atomic E-state index is -0.640. The van der Waals surface area contributed by atoms with E-state index >= 15 is 0 Å². The third-order valence-corrected chi connectivity index (χ3v) is 4.45. The zero-order valence-corrected chi connectivity index (χ0v) is 16.3. The van der Waals surface area contributed by atoms with Gasteiger partial charge in [-0.2, -0.15) is 0 Å². The molecule has 0 aliphatic heterocycles. The van der Waals surface area contributed by atoms with Crippen LogP contribution in [0.15, 0.2) is 48.8 Å². The Morgan fingerprint density at radius 2 is 1.76 bits per heavy atom. The van der Waals surface area contributed by atoms with Gasteiger partial charge in [0.2, 0.25) is 11.6 Å². The van der Waals surface area contributed by atoms with Gasteiger partial charge in [-0.05, 0) is 43.7 Å². The second-order valence-electron chi connectivity index (χ2n) is 6.21. The van der Waals surface area contributed by atoms with Crippen LogP contribution in [0.4, 0.5) is 23.0 Å². The molecule has 0 aliphatic rings. The Labute approximate surface area is 171 Å². The van der Waals surface area contributed by atoms with E-state index < -0.39 is 16.5 Å². The second kappa shape index (κ2) is 8.53. The lowest BCUT2D eigenvalue weighted by Gasteiger charge is -2.11. The Balaban J connectivity index is 1.82. The first-order valence-electron chi connectivity index (χ1n) is 8.50. The van der Waals surface area contributed by atoms with Crippen molar-refractivity contribution in [3.8, 4) is 0 Å². The van der Waals surface area contributed by atoms with Crippen LogP contribution in [0.2, 0.25) is 5.02 Å². The van der Waals surface area contributed by atoms with E-state index in [2.05, 4.69) is 26.1 Å². The van der Waals surface area contributed by atoms with Crippen LogP contribution in [-0.2, 0) is 0 Å². The van der Waals surface area contributed by atoms with Crippen molar-refractivity contribution in [2.45, 2.75) is 13.8 Å². The summed E-state index contributed by atoms with van der Waals surface area (Å²) in [4.78, 5) is 31.0. The van der Waals surface area contributed by atoms with Gasteiger partial charge in [-0.3, -0.25) is 25.8 Å². The smallest absolute Gasteiger partial charge is 0.334 e. The van der Waals surface area contributed by atoms with Crippen molar-refractivity contribution in [2.75, 3.05) is 10.7 Å². The molecule has 1 amide bonds. The third-order valence-electron chi connectivity index (χ3n) is 4.05. The molecule has 3 aromatic rings. The topological polar surface area (TPSA) is 122 Å². The highest BCUT2D eigenvalue weighted by molar-refractivity contribution is 6.31. The predicted octanol–water partition coefficient (Wildman–Crippen LogP) is 4.16. The number of aromatic nitrogens is 2. The van der Waals surface area contributed by atoms with Gasteiger partial charge in [0.15, 0.2) is 0 Å². The summed E-state index contributed by atoms with van der Waals surface area (Å²) in [5.41, 5.74) is 7.28. The van der Waals surface area contributed by atoms with Crippen LogP contribution in [0.3, 0.4) is 0 Å². The van der Waals surface area contributed by atoms with Crippen LogP contribution < -0.4 is 16.2 Å². The quantitative estimate of drug-likeness (QED) is 0.410. The Hall–Kier alpha value is -3.72. The fraction of sp³-hybridized carbons (Fsp3) is 0.105. The number of hydrogen-bond acceptors (Lipinski definition) is 7. The minimum Gasteiger partial charge on any atom is -0.334 e. The van der Waals surface area contributed by atoms with Gasteiger partial charge in [-0.25, -0.2) is 9.97 Å². The number of rotatable bonds is 6. The monoisotopic (exact) mass is 412 g/mol. The molecule has 0 unspecified atom stereocenters. The molecule has 0 aliphatic carbocycles. The van der Waals surface area contributed by atoms with E-state index in [0.717, 1.165) is 17.5 Å². The standard InChI is InChI=1S/C19H17ClN6O3/c1-11-3-6-13(7-4-11)19(27)25-24-18-16(26(28)29)17(21-10-22-18)23-14-8-5-12(2)15(20)9-14/h3-10H,1-2H3,(H,25,27)(H2,21,22,23,24). The number of nitrogens with one attached hydrogen (secondary N) is 3. The molecule has 0 atom stereocenters. The van der Waals surface area contributed by atoms with E-state index in [1.165, 1.54) is 0 Å². The van der Waals surface area contributed by atoms with Gasteiger partial charge in [0.25, 0.3) is 5.91 Å². The Morgan fingerprint density at radius 3 is 2.41 bits per heavy atom. The van der Waals surface area contributed by atoms with Crippen molar-refractivity contribution in [3.05, 3.63) is 80.6 Å². The summed E-state index contributed by atoms with van der Waals surface area (Å²) in [5, 5.41) is 15.0. The first-order chi connectivity index (χ1) is 13.8. The maximum atomic E-state index is 12.2. The largest absolute Gasteiger partial charge is 0.355 e. The minimum absolute atomic E-state index is 0.0444. The van der Waals surface area contributed by atoms with Crippen LogP contribution >= 0.6 is 11.6 Å². The van der Waals surface area contributed by atoms with E-state index in [9.17, 15) is 14.9 Å². The van der Waals surface area contributed by atoms with Gasteiger partial charge in [0.1, 0.15) is 6.33 Å². The summed E-state index contributed by atoms with van der Waals surface area (Å²) in [7, 11) is 0. The lowest BCUT2D eigenvalue weighted by Crippen LogP contribution is -2.30. The number of carbonyl (C=O) groups excluding carboxylic acids is 1. The highest BCUT2D eigenvalue weighted by Crippen LogP contribution is 2.31.